The van der Waals surface area contributed by atoms with Crippen LogP contribution < -0.4 is 20.9 Å². The smallest absolute Gasteiger partial charge is 0.323 e. The van der Waals surface area contributed by atoms with Crippen LogP contribution in [0.15, 0.2) is 65.6 Å². The number of anilines is 2. The Labute approximate surface area is 192 Å². The van der Waals surface area contributed by atoms with Gasteiger partial charge in [-0.2, -0.15) is 0 Å². The molecule has 0 aliphatic rings. The first-order valence-electron chi connectivity index (χ1n) is 10.7. The van der Waals surface area contributed by atoms with Crippen LogP contribution in [-0.2, 0) is 6.61 Å². The van der Waals surface area contributed by atoms with Crippen molar-refractivity contribution in [3.8, 4) is 5.75 Å². The lowest BCUT2D eigenvalue weighted by molar-refractivity contribution is 0.262. The van der Waals surface area contributed by atoms with Crippen molar-refractivity contribution in [1.82, 2.24) is 9.38 Å². The van der Waals surface area contributed by atoms with Gasteiger partial charge >= 0.3 is 6.03 Å². The van der Waals surface area contributed by atoms with Gasteiger partial charge in [0.1, 0.15) is 18.0 Å². The van der Waals surface area contributed by atoms with E-state index in [0.717, 1.165) is 27.9 Å². The first kappa shape index (κ1) is 22.1. The molecule has 0 unspecified atom stereocenters. The van der Waals surface area contributed by atoms with E-state index in [-0.39, 0.29) is 18.2 Å². The normalized spacial score (nSPS) is 10.8. The Balaban J connectivity index is 1.48. The van der Waals surface area contributed by atoms with Gasteiger partial charge in [-0.3, -0.25) is 9.20 Å². The molecule has 0 saturated carbocycles. The Hall–Kier alpha value is -4.13. The van der Waals surface area contributed by atoms with Crippen molar-refractivity contribution in [2.24, 2.45) is 0 Å². The lowest BCUT2D eigenvalue weighted by Gasteiger charge is -2.14. The molecule has 0 aliphatic heterocycles. The van der Waals surface area contributed by atoms with Crippen LogP contribution in [0.25, 0.3) is 5.65 Å². The summed E-state index contributed by atoms with van der Waals surface area (Å²) in [7, 11) is 0. The zero-order valence-corrected chi connectivity index (χ0v) is 19.1. The number of carbonyl (C=O) groups is 1. The molecule has 0 atom stereocenters. The molecular weight excluding hydrogens is 416 g/mol. The third-order valence-corrected chi connectivity index (χ3v) is 5.61. The predicted octanol–water partition coefficient (Wildman–Crippen LogP) is 5.15. The van der Waals surface area contributed by atoms with Gasteiger partial charge in [0.2, 0.25) is 0 Å². The number of ether oxygens (including phenoxy) is 1. The van der Waals surface area contributed by atoms with Crippen molar-refractivity contribution < 1.29 is 9.53 Å². The Morgan fingerprint density at radius 1 is 0.939 bits per heavy atom. The number of hydrogen-bond donors (Lipinski definition) is 2. The number of urea groups is 1. The molecule has 168 valence electrons. The highest BCUT2D eigenvalue weighted by Crippen LogP contribution is 2.24. The number of nitrogens with one attached hydrogen (secondary N) is 2. The average molecular weight is 443 g/mol. The fourth-order valence-corrected chi connectivity index (χ4v) is 3.54. The minimum Gasteiger partial charge on any atom is -0.487 e. The van der Waals surface area contributed by atoms with E-state index in [2.05, 4.69) is 15.6 Å². The molecule has 7 nitrogen and oxygen atoms in total. The molecular formula is C26H26N4O3. The molecule has 7 heteroatoms. The van der Waals surface area contributed by atoms with Crippen molar-refractivity contribution in [2.75, 3.05) is 10.6 Å². The van der Waals surface area contributed by atoms with Gasteiger partial charge in [-0.1, -0.05) is 24.3 Å². The van der Waals surface area contributed by atoms with Gasteiger partial charge in [-0.15, -0.1) is 0 Å². The van der Waals surface area contributed by atoms with Gasteiger partial charge in [0.25, 0.3) is 5.56 Å². The summed E-state index contributed by atoms with van der Waals surface area (Å²) < 4.78 is 7.48. The first-order chi connectivity index (χ1) is 15.8. The van der Waals surface area contributed by atoms with Gasteiger partial charge in [0.15, 0.2) is 0 Å². The van der Waals surface area contributed by atoms with Crippen LogP contribution in [0.4, 0.5) is 16.2 Å². The third-order valence-electron chi connectivity index (χ3n) is 5.61. The van der Waals surface area contributed by atoms with E-state index < -0.39 is 0 Å². The SMILES string of the molecule is Cc1ccc(NC(=O)Nc2cccc(C)c2C)cc1OCc1cc(=O)n2cccc(C)c2n1. The number of amides is 2. The second-order valence-corrected chi connectivity index (χ2v) is 8.07. The molecule has 4 rings (SSSR count). The van der Waals surface area contributed by atoms with E-state index >= 15 is 0 Å². The number of benzene rings is 2. The summed E-state index contributed by atoms with van der Waals surface area (Å²) in [6.07, 6.45) is 1.70. The number of pyridine rings is 1. The zero-order valence-electron chi connectivity index (χ0n) is 19.1. The van der Waals surface area contributed by atoms with Gasteiger partial charge in [0, 0.05) is 29.7 Å². The van der Waals surface area contributed by atoms with E-state index in [1.54, 1.807) is 12.3 Å². The van der Waals surface area contributed by atoms with Crippen LogP contribution in [0.3, 0.4) is 0 Å². The van der Waals surface area contributed by atoms with E-state index in [9.17, 15) is 9.59 Å². The van der Waals surface area contributed by atoms with E-state index in [1.165, 1.54) is 10.5 Å². The molecule has 2 amide bonds. The van der Waals surface area contributed by atoms with Crippen molar-refractivity contribution in [2.45, 2.75) is 34.3 Å². The molecule has 0 fully saturated rings. The highest BCUT2D eigenvalue weighted by Gasteiger charge is 2.10. The highest BCUT2D eigenvalue weighted by atomic mass is 16.5. The molecule has 2 aromatic heterocycles. The fraction of sp³-hybridized carbons (Fsp3) is 0.192. The Morgan fingerprint density at radius 3 is 2.55 bits per heavy atom. The van der Waals surface area contributed by atoms with E-state index in [4.69, 9.17) is 4.74 Å². The van der Waals surface area contributed by atoms with E-state index in [0.29, 0.717) is 22.8 Å². The Kier molecular flexibility index (Phi) is 6.13. The quantitative estimate of drug-likeness (QED) is 0.448. The summed E-state index contributed by atoms with van der Waals surface area (Å²) in [6.45, 7) is 7.94. The van der Waals surface area contributed by atoms with Gasteiger partial charge in [-0.25, -0.2) is 9.78 Å². The maximum atomic E-state index is 12.5. The van der Waals surface area contributed by atoms with Crippen LogP contribution in [0.1, 0.15) is 27.9 Å². The van der Waals surface area contributed by atoms with Crippen molar-refractivity contribution in [3.63, 3.8) is 0 Å². The van der Waals surface area contributed by atoms with Crippen molar-refractivity contribution in [1.29, 1.82) is 0 Å². The maximum Gasteiger partial charge on any atom is 0.323 e. The summed E-state index contributed by atoms with van der Waals surface area (Å²) in [5, 5.41) is 5.73. The lowest BCUT2D eigenvalue weighted by atomic mass is 10.1. The Bertz CT molecular complexity index is 1410. The standard InChI is InChI=1S/C26H26N4O3/c1-16-7-5-9-22(19(16)4)29-26(32)28-20-11-10-17(2)23(13-20)33-15-21-14-24(31)30-12-6-8-18(3)25(30)27-21/h5-14H,15H2,1-4H3,(H2,28,29,32). The predicted molar refractivity (Wildman–Crippen MR) is 130 cm³/mol. The number of aromatic nitrogens is 2. The number of carbonyl (C=O) groups excluding carboxylic acids is 1. The molecule has 2 heterocycles. The Morgan fingerprint density at radius 2 is 1.73 bits per heavy atom. The third kappa shape index (κ3) is 4.87. The molecule has 0 radical (unpaired) electrons. The van der Waals surface area contributed by atoms with Gasteiger partial charge in [-0.05, 0) is 68.1 Å². The molecule has 33 heavy (non-hydrogen) atoms. The van der Waals surface area contributed by atoms with Gasteiger partial charge in [0.05, 0.1) is 5.69 Å². The summed E-state index contributed by atoms with van der Waals surface area (Å²) in [6, 6.07) is 16.1. The topological polar surface area (TPSA) is 84.7 Å². The van der Waals surface area contributed by atoms with Crippen LogP contribution >= 0.6 is 0 Å². The van der Waals surface area contributed by atoms with Crippen LogP contribution in [0, 0.1) is 27.7 Å². The molecule has 4 aromatic rings. The summed E-state index contributed by atoms with van der Waals surface area (Å²) >= 11 is 0. The second-order valence-electron chi connectivity index (χ2n) is 8.07. The molecule has 0 bridgehead atoms. The largest absolute Gasteiger partial charge is 0.487 e. The molecule has 0 aliphatic carbocycles. The molecule has 2 N–H and O–H groups in total. The maximum absolute atomic E-state index is 12.5. The lowest BCUT2D eigenvalue weighted by Crippen LogP contribution is -2.20. The second kappa shape index (κ2) is 9.16. The number of hydrogen-bond acceptors (Lipinski definition) is 4. The number of aryl methyl sites for hydroxylation is 3. The highest BCUT2D eigenvalue weighted by molar-refractivity contribution is 6.00. The van der Waals surface area contributed by atoms with Crippen LogP contribution in [0.5, 0.6) is 5.75 Å². The fourth-order valence-electron chi connectivity index (χ4n) is 3.54. The molecule has 0 saturated heterocycles. The van der Waals surface area contributed by atoms with Gasteiger partial charge < -0.3 is 15.4 Å². The van der Waals surface area contributed by atoms with Crippen LogP contribution in [0.2, 0.25) is 0 Å². The average Bonchev–Trinajstić information content (AvgIpc) is 2.78. The van der Waals surface area contributed by atoms with Crippen molar-refractivity contribution >= 4 is 23.1 Å². The number of nitrogens with zero attached hydrogens (tertiary/aromatic N) is 2. The monoisotopic (exact) mass is 442 g/mol. The number of fused-ring (bicyclic) bond motifs is 1. The van der Waals surface area contributed by atoms with Crippen molar-refractivity contribution in [3.05, 3.63) is 99.1 Å². The molecule has 2 aromatic carbocycles. The van der Waals surface area contributed by atoms with Crippen LogP contribution in [-0.4, -0.2) is 15.4 Å². The minimum atomic E-state index is -0.335. The zero-order chi connectivity index (χ0) is 23.5. The first-order valence-corrected chi connectivity index (χ1v) is 10.7. The number of rotatable bonds is 5. The minimum absolute atomic E-state index is 0.138. The molecule has 0 spiro atoms. The summed E-state index contributed by atoms with van der Waals surface area (Å²) in [4.78, 5) is 29.5. The summed E-state index contributed by atoms with van der Waals surface area (Å²) in [5.41, 5.74) is 6.31. The van der Waals surface area contributed by atoms with E-state index in [1.807, 2.05) is 70.2 Å². The summed E-state index contributed by atoms with van der Waals surface area (Å²) in [5.74, 6) is 0.603.